The Morgan fingerprint density at radius 2 is 1.78 bits per heavy atom. The fourth-order valence-electron chi connectivity index (χ4n) is 2.82. The zero-order chi connectivity index (χ0) is 19.2. The number of methoxy groups -OCH3 is 1. The van der Waals surface area contributed by atoms with E-state index in [9.17, 15) is 4.79 Å². The molecule has 0 aliphatic rings. The van der Waals surface area contributed by atoms with E-state index in [1.54, 1.807) is 13.2 Å². The highest BCUT2D eigenvalue weighted by atomic mass is 16.5. The molecule has 0 unspecified atom stereocenters. The number of anilines is 1. The van der Waals surface area contributed by atoms with E-state index in [2.05, 4.69) is 5.32 Å². The lowest BCUT2D eigenvalue weighted by Crippen LogP contribution is -2.08. The fourth-order valence-corrected chi connectivity index (χ4v) is 2.82. The molecule has 0 bridgehead atoms. The van der Waals surface area contributed by atoms with Crippen molar-refractivity contribution in [2.75, 3.05) is 12.4 Å². The molecule has 4 heteroatoms. The summed E-state index contributed by atoms with van der Waals surface area (Å²) in [6, 6.07) is 19.4. The molecule has 3 aromatic rings. The van der Waals surface area contributed by atoms with Gasteiger partial charge in [-0.3, -0.25) is 4.79 Å². The maximum atomic E-state index is 12.3. The first-order chi connectivity index (χ1) is 13.1. The average Bonchev–Trinajstić information content (AvgIpc) is 2.67. The number of ether oxygens (including phenoxy) is 2. The number of benzene rings is 3. The van der Waals surface area contributed by atoms with Crippen molar-refractivity contribution in [3.05, 3.63) is 72.3 Å². The molecule has 1 N–H and O–H groups in total. The molecule has 4 nitrogen and oxygen atoms in total. The summed E-state index contributed by atoms with van der Waals surface area (Å²) in [7, 11) is 1.60. The first-order valence-corrected chi connectivity index (χ1v) is 8.88. The van der Waals surface area contributed by atoms with Crippen molar-refractivity contribution < 1.29 is 14.3 Å². The van der Waals surface area contributed by atoms with Crippen LogP contribution in [0.4, 0.5) is 5.69 Å². The van der Waals surface area contributed by atoms with Crippen LogP contribution in [0.3, 0.4) is 0 Å². The number of carbonyl (C=O) groups excluding carboxylic acids is 1. The number of nitrogens with one attached hydrogen (secondary N) is 1. The van der Waals surface area contributed by atoms with Crippen molar-refractivity contribution in [1.82, 2.24) is 0 Å². The Morgan fingerprint density at radius 3 is 2.56 bits per heavy atom. The SMILES string of the molecule is COc1cc(/C=C/C(=O)Nc2cccc3ccccc23)ccc1OC(C)C. The van der Waals surface area contributed by atoms with Gasteiger partial charge in [0.1, 0.15) is 0 Å². The molecule has 0 spiro atoms. The smallest absolute Gasteiger partial charge is 0.248 e. The number of hydrogen-bond acceptors (Lipinski definition) is 3. The predicted molar refractivity (Wildman–Crippen MR) is 110 cm³/mol. The van der Waals surface area contributed by atoms with Crippen molar-refractivity contribution in [2.24, 2.45) is 0 Å². The van der Waals surface area contributed by atoms with Gasteiger partial charge in [0.2, 0.25) is 5.91 Å². The minimum Gasteiger partial charge on any atom is -0.493 e. The van der Waals surface area contributed by atoms with Crippen LogP contribution >= 0.6 is 0 Å². The van der Waals surface area contributed by atoms with E-state index >= 15 is 0 Å². The average molecular weight is 361 g/mol. The summed E-state index contributed by atoms with van der Waals surface area (Å²) in [6.45, 7) is 3.93. The van der Waals surface area contributed by atoms with Gasteiger partial charge in [-0.05, 0) is 49.1 Å². The van der Waals surface area contributed by atoms with Crippen LogP contribution in [0, 0.1) is 0 Å². The van der Waals surface area contributed by atoms with Crippen LogP contribution in [0.15, 0.2) is 66.7 Å². The quantitative estimate of drug-likeness (QED) is 0.607. The van der Waals surface area contributed by atoms with Crippen LogP contribution in [0.25, 0.3) is 16.8 Å². The first-order valence-electron chi connectivity index (χ1n) is 8.88. The molecule has 0 aliphatic carbocycles. The van der Waals surface area contributed by atoms with E-state index in [1.807, 2.05) is 74.5 Å². The number of rotatable bonds is 6. The Bertz CT molecular complexity index is 971. The van der Waals surface area contributed by atoms with Gasteiger partial charge in [0, 0.05) is 17.1 Å². The summed E-state index contributed by atoms with van der Waals surface area (Å²) >= 11 is 0. The van der Waals surface area contributed by atoms with Gasteiger partial charge in [0.25, 0.3) is 0 Å². The summed E-state index contributed by atoms with van der Waals surface area (Å²) < 4.78 is 11.1. The van der Waals surface area contributed by atoms with Crippen molar-refractivity contribution in [1.29, 1.82) is 0 Å². The predicted octanol–water partition coefficient (Wildman–Crippen LogP) is 5.29. The van der Waals surface area contributed by atoms with Gasteiger partial charge < -0.3 is 14.8 Å². The molecular formula is C23H23NO3. The van der Waals surface area contributed by atoms with Gasteiger partial charge in [-0.15, -0.1) is 0 Å². The van der Waals surface area contributed by atoms with E-state index in [1.165, 1.54) is 6.08 Å². The Balaban J connectivity index is 1.74. The molecule has 0 aromatic heterocycles. The number of fused-ring (bicyclic) bond motifs is 1. The lowest BCUT2D eigenvalue weighted by molar-refractivity contribution is -0.111. The normalized spacial score (nSPS) is 11.1. The molecule has 1 amide bonds. The molecule has 0 heterocycles. The van der Waals surface area contributed by atoms with Crippen LogP contribution in [-0.2, 0) is 4.79 Å². The summed E-state index contributed by atoms with van der Waals surface area (Å²) in [5.74, 6) is 1.14. The second-order valence-electron chi connectivity index (χ2n) is 6.43. The van der Waals surface area contributed by atoms with Crippen molar-refractivity contribution >= 4 is 28.4 Å². The molecule has 138 valence electrons. The molecule has 0 atom stereocenters. The molecule has 3 rings (SSSR count). The maximum absolute atomic E-state index is 12.3. The highest BCUT2D eigenvalue weighted by Crippen LogP contribution is 2.29. The summed E-state index contributed by atoms with van der Waals surface area (Å²) in [5.41, 5.74) is 1.65. The van der Waals surface area contributed by atoms with Crippen LogP contribution in [0.1, 0.15) is 19.4 Å². The van der Waals surface area contributed by atoms with Crippen LogP contribution in [0.2, 0.25) is 0 Å². The van der Waals surface area contributed by atoms with Gasteiger partial charge >= 0.3 is 0 Å². The fraction of sp³-hybridized carbons (Fsp3) is 0.174. The van der Waals surface area contributed by atoms with Crippen molar-refractivity contribution in [3.8, 4) is 11.5 Å². The Kier molecular flexibility index (Phi) is 5.77. The lowest BCUT2D eigenvalue weighted by Gasteiger charge is -2.13. The van der Waals surface area contributed by atoms with E-state index in [0.29, 0.717) is 11.5 Å². The Labute approximate surface area is 159 Å². The molecule has 0 radical (unpaired) electrons. The number of carbonyl (C=O) groups is 1. The lowest BCUT2D eigenvalue weighted by atomic mass is 10.1. The zero-order valence-corrected chi connectivity index (χ0v) is 15.7. The van der Waals surface area contributed by atoms with Crippen molar-refractivity contribution in [3.63, 3.8) is 0 Å². The maximum Gasteiger partial charge on any atom is 0.248 e. The zero-order valence-electron chi connectivity index (χ0n) is 15.7. The monoisotopic (exact) mass is 361 g/mol. The Hall–Kier alpha value is -3.27. The summed E-state index contributed by atoms with van der Waals surface area (Å²) in [5, 5.41) is 5.04. The summed E-state index contributed by atoms with van der Waals surface area (Å²) in [6.07, 6.45) is 3.33. The second kappa shape index (κ2) is 8.41. The molecule has 0 aliphatic heterocycles. The molecule has 27 heavy (non-hydrogen) atoms. The second-order valence-corrected chi connectivity index (χ2v) is 6.43. The van der Waals surface area contributed by atoms with E-state index < -0.39 is 0 Å². The highest BCUT2D eigenvalue weighted by molar-refractivity contribution is 6.07. The van der Waals surface area contributed by atoms with E-state index in [0.717, 1.165) is 22.0 Å². The highest BCUT2D eigenvalue weighted by Gasteiger charge is 2.07. The standard InChI is InChI=1S/C23H23NO3/c1-16(2)27-21-13-11-17(15-22(21)26-3)12-14-23(25)24-20-10-6-8-18-7-4-5-9-19(18)20/h4-16H,1-3H3,(H,24,25)/b14-12+. The number of hydrogen-bond donors (Lipinski definition) is 1. The van der Waals surface area contributed by atoms with E-state index in [4.69, 9.17) is 9.47 Å². The van der Waals surface area contributed by atoms with Crippen molar-refractivity contribution in [2.45, 2.75) is 20.0 Å². The van der Waals surface area contributed by atoms with Gasteiger partial charge in [-0.2, -0.15) is 0 Å². The molecule has 0 fully saturated rings. The third-order valence-electron chi connectivity index (χ3n) is 4.03. The minimum atomic E-state index is -0.187. The van der Waals surface area contributed by atoms with Gasteiger partial charge in [0.15, 0.2) is 11.5 Å². The first kappa shape index (κ1) is 18.5. The largest absolute Gasteiger partial charge is 0.493 e. The molecular weight excluding hydrogens is 338 g/mol. The van der Waals surface area contributed by atoms with E-state index in [-0.39, 0.29) is 12.0 Å². The van der Waals surface area contributed by atoms with Gasteiger partial charge in [-0.25, -0.2) is 0 Å². The summed E-state index contributed by atoms with van der Waals surface area (Å²) in [4.78, 5) is 12.3. The molecule has 3 aromatic carbocycles. The minimum absolute atomic E-state index is 0.0618. The topological polar surface area (TPSA) is 47.6 Å². The third-order valence-corrected chi connectivity index (χ3v) is 4.03. The molecule has 0 saturated heterocycles. The molecule has 0 saturated carbocycles. The van der Waals surface area contributed by atoms with Crippen LogP contribution < -0.4 is 14.8 Å². The van der Waals surface area contributed by atoms with Gasteiger partial charge in [-0.1, -0.05) is 42.5 Å². The number of amides is 1. The van der Waals surface area contributed by atoms with Crippen LogP contribution in [0.5, 0.6) is 11.5 Å². The Morgan fingerprint density at radius 1 is 1.00 bits per heavy atom. The van der Waals surface area contributed by atoms with Gasteiger partial charge in [0.05, 0.1) is 13.2 Å². The van der Waals surface area contributed by atoms with Crippen LogP contribution in [-0.4, -0.2) is 19.1 Å². The third kappa shape index (κ3) is 4.67.